The third kappa shape index (κ3) is 3.63. The number of ether oxygens (including phenoxy) is 2. The predicted octanol–water partition coefficient (Wildman–Crippen LogP) is 2.24. The van der Waals surface area contributed by atoms with E-state index in [1.807, 2.05) is 0 Å². The molecular formula is C18H19N3O5S. The number of fused-ring (bicyclic) bond motifs is 1. The summed E-state index contributed by atoms with van der Waals surface area (Å²) in [6.07, 6.45) is 1.76. The molecule has 142 valence electrons. The second-order valence-corrected chi connectivity index (χ2v) is 6.82. The standard InChI is InChI=1S/C18H19N3O5S/c1-4-5-27-18-20-16-14(17(24)21-18)10(8-13(22)19-16)9-6-11(25-2)15(23)12(7-9)26-3/h4,6-7,10,23H,1,5,8H2,2-3H3,(H2,19,20,21,22,24). The lowest BCUT2D eigenvalue weighted by Gasteiger charge is -2.25. The summed E-state index contributed by atoms with van der Waals surface area (Å²) in [6.45, 7) is 3.63. The van der Waals surface area contributed by atoms with Crippen LogP contribution in [0.15, 0.2) is 34.7 Å². The highest BCUT2D eigenvalue weighted by Gasteiger charge is 2.32. The van der Waals surface area contributed by atoms with E-state index in [-0.39, 0.29) is 41.0 Å². The largest absolute Gasteiger partial charge is 0.502 e. The first kappa shape index (κ1) is 18.8. The van der Waals surface area contributed by atoms with E-state index in [0.29, 0.717) is 22.0 Å². The van der Waals surface area contributed by atoms with Gasteiger partial charge in [-0.15, -0.1) is 6.58 Å². The summed E-state index contributed by atoms with van der Waals surface area (Å²) >= 11 is 1.31. The Labute approximate surface area is 159 Å². The van der Waals surface area contributed by atoms with Crippen molar-refractivity contribution in [1.29, 1.82) is 0 Å². The van der Waals surface area contributed by atoms with Gasteiger partial charge in [0.25, 0.3) is 5.56 Å². The molecule has 3 N–H and O–H groups in total. The number of hydrogen-bond acceptors (Lipinski definition) is 7. The van der Waals surface area contributed by atoms with Crippen LogP contribution in [-0.4, -0.2) is 41.0 Å². The molecule has 0 saturated heterocycles. The number of aromatic nitrogens is 2. The molecule has 1 aliphatic heterocycles. The van der Waals surface area contributed by atoms with E-state index >= 15 is 0 Å². The van der Waals surface area contributed by atoms with E-state index in [1.165, 1.54) is 26.0 Å². The Kier molecular flexibility index (Phi) is 5.41. The van der Waals surface area contributed by atoms with Crippen LogP contribution in [0.2, 0.25) is 0 Å². The molecule has 1 aliphatic rings. The van der Waals surface area contributed by atoms with Gasteiger partial charge in [-0.25, -0.2) is 4.98 Å². The van der Waals surface area contributed by atoms with Gasteiger partial charge >= 0.3 is 0 Å². The SMILES string of the molecule is C=CCSc1nc2c(c(=O)[nH]1)C(c1cc(OC)c(O)c(OC)c1)CC(=O)N2. The summed E-state index contributed by atoms with van der Waals surface area (Å²) < 4.78 is 10.4. The maximum atomic E-state index is 12.7. The second-order valence-electron chi connectivity index (χ2n) is 5.81. The number of phenols is 1. The highest BCUT2D eigenvalue weighted by Crippen LogP contribution is 2.42. The quantitative estimate of drug-likeness (QED) is 0.394. The van der Waals surface area contributed by atoms with Crippen LogP contribution in [0.5, 0.6) is 17.2 Å². The van der Waals surface area contributed by atoms with Crippen molar-refractivity contribution in [2.24, 2.45) is 0 Å². The fraction of sp³-hybridized carbons (Fsp3) is 0.278. The summed E-state index contributed by atoms with van der Waals surface area (Å²) in [5, 5.41) is 13.2. The van der Waals surface area contributed by atoms with Crippen LogP contribution in [0.3, 0.4) is 0 Å². The van der Waals surface area contributed by atoms with Crippen LogP contribution in [-0.2, 0) is 4.79 Å². The molecule has 0 saturated carbocycles. The first-order valence-electron chi connectivity index (χ1n) is 8.11. The number of anilines is 1. The molecule has 2 heterocycles. The zero-order valence-corrected chi connectivity index (χ0v) is 15.7. The van der Waals surface area contributed by atoms with Crippen LogP contribution < -0.4 is 20.3 Å². The van der Waals surface area contributed by atoms with E-state index in [1.54, 1.807) is 18.2 Å². The van der Waals surface area contributed by atoms with Crippen molar-refractivity contribution in [1.82, 2.24) is 9.97 Å². The Morgan fingerprint density at radius 3 is 2.59 bits per heavy atom. The van der Waals surface area contributed by atoms with Gasteiger partial charge in [0.15, 0.2) is 16.7 Å². The van der Waals surface area contributed by atoms with Crippen molar-refractivity contribution >= 4 is 23.5 Å². The Hall–Kier alpha value is -2.94. The van der Waals surface area contributed by atoms with Crippen molar-refractivity contribution < 1.29 is 19.4 Å². The minimum atomic E-state index is -0.549. The lowest BCUT2D eigenvalue weighted by atomic mass is 9.86. The number of methoxy groups -OCH3 is 2. The summed E-state index contributed by atoms with van der Waals surface area (Å²) in [5.41, 5.74) is 0.631. The van der Waals surface area contributed by atoms with Crippen LogP contribution >= 0.6 is 11.8 Å². The molecule has 0 fully saturated rings. The van der Waals surface area contributed by atoms with Crippen molar-refractivity contribution in [3.05, 3.63) is 46.3 Å². The summed E-state index contributed by atoms with van der Waals surface area (Å²) in [7, 11) is 2.83. The van der Waals surface area contributed by atoms with E-state index in [9.17, 15) is 14.7 Å². The molecule has 1 atom stereocenters. The molecule has 1 amide bonds. The van der Waals surface area contributed by atoms with Crippen LogP contribution in [0.4, 0.5) is 5.82 Å². The van der Waals surface area contributed by atoms with E-state index in [2.05, 4.69) is 21.9 Å². The van der Waals surface area contributed by atoms with Crippen molar-refractivity contribution in [3.63, 3.8) is 0 Å². The minimum Gasteiger partial charge on any atom is -0.502 e. The number of carbonyl (C=O) groups excluding carboxylic acids is 1. The zero-order valence-electron chi connectivity index (χ0n) is 14.9. The van der Waals surface area contributed by atoms with Crippen molar-refractivity contribution in [3.8, 4) is 17.2 Å². The third-order valence-electron chi connectivity index (χ3n) is 4.17. The summed E-state index contributed by atoms with van der Waals surface area (Å²) in [6, 6.07) is 3.18. The smallest absolute Gasteiger partial charge is 0.257 e. The topological polar surface area (TPSA) is 114 Å². The fourth-order valence-electron chi connectivity index (χ4n) is 2.96. The maximum absolute atomic E-state index is 12.7. The Bertz CT molecular complexity index is 931. The predicted molar refractivity (Wildman–Crippen MR) is 102 cm³/mol. The van der Waals surface area contributed by atoms with E-state index in [0.717, 1.165) is 0 Å². The van der Waals surface area contributed by atoms with Gasteiger partial charge in [0.05, 0.1) is 19.8 Å². The molecule has 27 heavy (non-hydrogen) atoms. The monoisotopic (exact) mass is 389 g/mol. The highest BCUT2D eigenvalue weighted by molar-refractivity contribution is 7.99. The summed E-state index contributed by atoms with van der Waals surface area (Å²) in [5.74, 6) is 0.248. The summed E-state index contributed by atoms with van der Waals surface area (Å²) in [4.78, 5) is 32.0. The minimum absolute atomic E-state index is 0.0635. The molecule has 0 aliphatic carbocycles. The fourth-order valence-corrected chi connectivity index (χ4v) is 3.55. The number of amides is 1. The number of nitrogens with zero attached hydrogens (tertiary/aromatic N) is 1. The number of aromatic amines is 1. The van der Waals surface area contributed by atoms with Crippen molar-refractivity contribution in [2.45, 2.75) is 17.5 Å². The third-order valence-corrected chi connectivity index (χ3v) is 5.04. The normalized spacial score (nSPS) is 15.6. The van der Waals surface area contributed by atoms with Crippen molar-refractivity contribution in [2.75, 3.05) is 25.3 Å². The van der Waals surface area contributed by atoms with Gasteiger partial charge < -0.3 is 24.9 Å². The van der Waals surface area contributed by atoms with Gasteiger partial charge in [-0.3, -0.25) is 9.59 Å². The molecule has 0 spiro atoms. The van der Waals surface area contributed by atoms with E-state index in [4.69, 9.17) is 9.47 Å². The molecular weight excluding hydrogens is 370 g/mol. The number of phenolic OH excluding ortho intramolecular Hbond substituents is 1. The number of nitrogens with one attached hydrogen (secondary N) is 2. The zero-order chi connectivity index (χ0) is 19.6. The molecule has 1 unspecified atom stereocenters. The van der Waals surface area contributed by atoms with E-state index < -0.39 is 5.92 Å². The van der Waals surface area contributed by atoms with Gasteiger partial charge in [-0.2, -0.15) is 0 Å². The van der Waals surface area contributed by atoms with Gasteiger partial charge in [0.2, 0.25) is 11.7 Å². The molecule has 0 radical (unpaired) electrons. The Morgan fingerprint density at radius 2 is 2.00 bits per heavy atom. The number of aromatic hydroxyl groups is 1. The molecule has 9 heteroatoms. The van der Waals surface area contributed by atoms with Gasteiger partial charge in [-0.05, 0) is 17.7 Å². The average Bonchev–Trinajstić information content (AvgIpc) is 2.65. The molecule has 2 aromatic rings. The molecule has 1 aromatic carbocycles. The number of rotatable bonds is 6. The molecule has 0 bridgehead atoms. The average molecular weight is 389 g/mol. The van der Waals surface area contributed by atoms with Gasteiger partial charge in [0, 0.05) is 18.1 Å². The first-order chi connectivity index (χ1) is 13.0. The molecule has 8 nitrogen and oxygen atoms in total. The maximum Gasteiger partial charge on any atom is 0.257 e. The number of H-pyrrole nitrogens is 1. The molecule has 1 aromatic heterocycles. The lowest BCUT2D eigenvalue weighted by Crippen LogP contribution is -2.31. The lowest BCUT2D eigenvalue weighted by molar-refractivity contribution is -0.116. The van der Waals surface area contributed by atoms with Crippen LogP contribution in [0.1, 0.15) is 23.5 Å². The Morgan fingerprint density at radius 1 is 1.33 bits per heavy atom. The molecule has 3 rings (SSSR count). The van der Waals surface area contributed by atoms with Gasteiger partial charge in [0.1, 0.15) is 5.82 Å². The Balaban J connectivity index is 2.13. The highest BCUT2D eigenvalue weighted by atomic mass is 32.2. The number of benzene rings is 1. The van der Waals surface area contributed by atoms with Gasteiger partial charge in [-0.1, -0.05) is 17.8 Å². The number of carbonyl (C=O) groups is 1. The number of thioether (sulfide) groups is 1. The van der Waals surface area contributed by atoms with Crippen LogP contribution in [0.25, 0.3) is 0 Å². The van der Waals surface area contributed by atoms with Crippen LogP contribution in [0, 0.1) is 0 Å². The number of hydrogen-bond donors (Lipinski definition) is 3. The first-order valence-corrected chi connectivity index (χ1v) is 9.09. The second kappa shape index (κ2) is 7.75.